The Balaban J connectivity index is 2.27. The lowest BCUT2D eigenvalue weighted by Gasteiger charge is -2.38. The van der Waals surface area contributed by atoms with Gasteiger partial charge in [-0.25, -0.2) is 0 Å². The van der Waals surface area contributed by atoms with E-state index in [-0.39, 0.29) is 11.6 Å². The fraction of sp³-hybridized carbons (Fsp3) is 0.500. The molecule has 2 N–H and O–H groups in total. The fourth-order valence-corrected chi connectivity index (χ4v) is 2.32. The number of hydrogen-bond acceptors (Lipinski definition) is 3. The summed E-state index contributed by atoms with van der Waals surface area (Å²) in [6.45, 7) is 5.69. The summed E-state index contributed by atoms with van der Waals surface area (Å²) in [5.74, 6) is 0.000572. The molecule has 1 aliphatic heterocycles. The van der Waals surface area contributed by atoms with Gasteiger partial charge in [-0.05, 0) is 26.8 Å². The number of benzene rings is 1. The number of carbonyl (C=O) groups is 1. The number of carboxylic acids is 1. The van der Waals surface area contributed by atoms with Gasteiger partial charge in [0, 0.05) is 18.0 Å². The second-order valence-corrected chi connectivity index (χ2v) is 5.38. The quantitative estimate of drug-likeness (QED) is 0.863. The molecule has 98 valence electrons. The van der Waals surface area contributed by atoms with Crippen LogP contribution < -0.4 is 10.1 Å². The zero-order chi connectivity index (χ0) is 13.3. The molecule has 2 atom stereocenters. The van der Waals surface area contributed by atoms with Crippen LogP contribution in [0, 0.1) is 0 Å². The van der Waals surface area contributed by atoms with Gasteiger partial charge in [0.25, 0.3) is 0 Å². The van der Waals surface area contributed by atoms with Crippen molar-refractivity contribution in [3.05, 3.63) is 29.8 Å². The predicted octanol–water partition coefficient (Wildman–Crippen LogP) is 2.35. The summed E-state index contributed by atoms with van der Waals surface area (Å²) >= 11 is 0. The van der Waals surface area contributed by atoms with E-state index < -0.39 is 12.0 Å². The third kappa shape index (κ3) is 2.64. The van der Waals surface area contributed by atoms with E-state index in [4.69, 9.17) is 9.84 Å². The first-order valence-electron chi connectivity index (χ1n) is 6.16. The minimum absolute atomic E-state index is 0.0102. The summed E-state index contributed by atoms with van der Waals surface area (Å²) in [5, 5.41) is 12.1. The number of hydrogen-bond donors (Lipinski definition) is 2. The maximum atomic E-state index is 11.0. The van der Waals surface area contributed by atoms with E-state index in [9.17, 15) is 4.79 Å². The largest absolute Gasteiger partial charge is 0.487 e. The van der Waals surface area contributed by atoms with Gasteiger partial charge in [0.1, 0.15) is 17.4 Å². The van der Waals surface area contributed by atoms with Gasteiger partial charge in [0.15, 0.2) is 0 Å². The minimum atomic E-state index is -0.836. The average Bonchev–Trinajstić information content (AvgIpc) is 2.27. The van der Waals surface area contributed by atoms with Crippen LogP contribution in [0.25, 0.3) is 0 Å². The van der Waals surface area contributed by atoms with Crippen LogP contribution >= 0.6 is 0 Å². The molecule has 1 heterocycles. The van der Waals surface area contributed by atoms with Crippen LogP contribution in [0.1, 0.15) is 38.8 Å². The normalized spacial score (nSPS) is 22.7. The summed E-state index contributed by atoms with van der Waals surface area (Å²) in [5.41, 5.74) is 0.745. The highest BCUT2D eigenvalue weighted by Gasteiger charge is 2.34. The van der Waals surface area contributed by atoms with Crippen molar-refractivity contribution in [2.75, 3.05) is 0 Å². The maximum Gasteiger partial charge on any atom is 0.320 e. The number of ether oxygens (including phenoxy) is 1. The Morgan fingerprint density at radius 2 is 2.17 bits per heavy atom. The van der Waals surface area contributed by atoms with Crippen molar-refractivity contribution in [1.82, 2.24) is 5.32 Å². The SMILES string of the molecule is CC(NC1CC(C)(C)Oc2ccccc21)C(=O)O. The van der Waals surface area contributed by atoms with Crippen molar-refractivity contribution in [3.8, 4) is 5.75 Å². The maximum absolute atomic E-state index is 11.0. The van der Waals surface area contributed by atoms with Crippen molar-refractivity contribution in [3.63, 3.8) is 0 Å². The molecule has 0 fully saturated rings. The molecule has 4 heteroatoms. The first kappa shape index (κ1) is 12.9. The van der Waals surface area contributed by atoms with Crippen LogP contribution in [0.5, 0.6) is 5.75 Å². The van der Waals surface area contributed by atoms with Crippen molar-refractivity contribution in [2.45, 2.75) is 44.9 Å². The van der Waals surface area contributed by atoms with E-state index in [1.165, 1.54) is 0 Å². The molecule has 2 rings (SSSR count). The van der Waals surface area contributed by atoms with E-state index in [0.717, 1.165) is 17.7 Å². The molecule has 0 spiro atoms. The van der Waals surface area contributed by atoms with Gasteiger partial charge < -0.3 is 9.84 Å². The monoisotopic (exact) mass is 249 g/mol. The Morgan fingerprint density at radius 3 is 2.83 bits per heavy atom. The van der Waals surface area contributed by atoms with Crippen LogP contribution in [0.2, 0.25) is 0 Å². The van der Waals surface area contributed by atoms with Crippen molar-refractivity contribution in [2.24, 2.45) is 0 Å². The second kappa shape index (κ2) is 4.61. The Bertz CT molecular complexity index is 456. The lowest BCUT2D eigenvalue weighted by Crippen LogP contribution is -2.44. The molecule has 0 aromatic heterocycles. The fourth-order valence-electron chi connectivity index (χ4n) is 2.32. The molecule has 0 saturated carbocycles. The zero-order valence-corrected chi connectivity index (χ0v) is 10.9. The molecule has 1 aromatic rings. The Hall–Kier alpha value is -1.55. The van der Waals surface area contributed by atoms with Gasteiger partial charge in [0.05, 0.1) is 0 Å². The highest BCUT2D eigenvalue weighted by molar-refractivity contribution is 5.73. The van der Waals surface area contributed by atoms with E-state index in [2.05, 4.69) is 5.32 Å². The third-order valence-corrected chi connectivity index (χ3v) is 3.20. The van der Waals surface area contributed by atoms with E-state index >= 15 is 0 Å². The highest BCUT2D eigenvalue weighted by Crippen LogP contribution is 2.39. The number of fused-ring (bicyclic) bond motifs is 1. The number of para-hydroxylation sites is 1. The molecule has 0 bridgehead atoms. The van der Waals surface area contributed by atoms with Gasteiger partial charge in [-0.3, -0.25) is 10.1 Å². The Kier molecular flexibility index (Phi) is 3.30. The number of aliphatic carboxylic acids is 1. The molecule has 0 saturated heterocycles. The minimum Gasteiger partial charge on any atom is -0.487 e. The molecule has 2 unspecified atom stereocenters. The summed E-state index contributed by atoms with van der Waals surface area (Å²) < 4.78 is 5.90. The third-order valence-electron chi connectivity index (χ3n) is 3.20. The lowest BCUT2D eigenvalue weighted by molar-refractivity contribution is -0.139. The van der Waals surface area contributed by atoms with Gasteiger partial charge in [-0.15, -0.1) is 0 Å². The summed E-state index contributed by atoms with van der Waals surface area (Å²) in [7, 11) is 0. The lowest BCUT2D eigenvalue weighted by atomic mass is 9.89. The standard InChI is InChI=1S/C14H19NO3/c1-9(13(16)17)15-11-8-14(2,3)18-12-7-5-4-6-10(11)12/h4-7,9,11,15H,8H2,1-3H3,(H,16,17). The first-order valence-corrected chi connectivity index (χ1v) is 6.16. The smallest absolute Gasteiger partial charge is 0.320 e. The van der Waals surface area contributed by atoms with Gasteiger partial charge in [0.2, 0.25) is 0 Å². The Labute approximate surface area is 107 Å². The van der Waals surface area contributed by atoms with Crippen molar-refractivity contribution in [1.29, 1.82) is 0 Å². The molecule has 4 nitrogen and oxygen atoms in total. The van der Waals surface area contributed by atoms with E-state index in [1.807, 2.05) is 38.1 Å². The molecule has 1 aliphatic rings. The number of nitrogens with one attached hydrogen (secondary N) is 1. The zero-order valence-electron chi connectivity index (χ0n) is 10.9. The first-order chi connectivity index (χ1) is 8.39. The topological polar surface area (TPSA) is 58.6 Å². The molecule has 0 amide bonds. The molecule has 1 aromatic carbocycles. The molecule has 0 aliphatic carbocycles. The van der Waals surface area contributed by atoms with Crippen LogP contribution in [0.4, 0.5) is 0 Å². The summed E-state index contributed by atoms with van der Waals surface area (Å²) in [4.78, 5) is 11.0. The summed E-state index contributed by atoms with van der Waals surface area (Å²) in [6, 6.07) is 7.22. The van der Waals surface area contributed by atoms with Gasteiger partial charge >= 0.3 is 5.97 Å². The second-order valence-electron chi connectivity index (χ2n) is 5.38. The van der Waals surface area contributed by atoms with Crippen molar-refractivity contribution < 1.29 is 14.6 Å². The molecule has 0 radical (unpaired) electrons. The predicted molar refractivity (Wildman–Crippen MR) is 68.7 cm³/mol. The van der Waals surface area contributed by atoms with E-state index in [0.29, 0.717) is 0 Å². The molecule has 18 heavy (non-hydrogen) atoms. The molecular formula is C14H19NO3. The van der Waals surface area contributed by atoms with Crippen molar-refractivity contribution >= 4 is 5.97 Å². The highest BCUT2D eigenvalue weighted by atomic mass is 16.5. The van der Waals surface area contributed by atoms with Crippen LogP contribution in [0.15, 0.2) is 24.3 Å². The van der Waals surface area contributed by atoms with Gasteiger partial charge in [-0.1, -0.05) is 18.2 Å². The Morgan fingerprint density at radius 1 is 1.50 bits per heavy atom. The number of rotatable bonds is 3. The van der Waals surface area contributed by atoms with Crippen LogP contribution in [0.3, 0.4) is 0 Å². The molecular weight excluding hydrogens is 230 g/mol. The van der Waals surface area contributed by atoms with Gasteiger partial charge in [-0.2, -0.15) is 0 Å². The average molecular weight is 249 g/mol. The van der Waals surface area contributed by atoms with Crippen LogP contribution in [-0.4, -0.2) is 22.7 Å². The van der Waals surface area contributed by atoms with E-state index in [1.54, 1.807) is 6.92 Å². The number of carboxylic acid groups (broad SMARTS) is 1. The summed E-state index contributed by atoms with van der Waals surface area (Å²) in [6.07, 6.45) is 0.752. The van der Waals surface area contributed by atoms with Crippen LogP contribution in [-0.2, 0) is 4.79 Å².